The maximum atomic E-state index is 11.8. The first-order valence-electron chi connectivity index (χ1n) is 6.82. The molecule has 2 heterocycles. The summed E-state index contributed by atoms with van der Waals surface area (Å²) >= 11 is 2.86. The van der Waals surface area contributed by atoms with Gasteiger partial charge in [-0.2, -0.15) is 0 Å². The molecule has 2 aromatic heterocycles. The van der Waals surface area contributed by atoms with Crippen molar-refractivity contribution in [2.75, 3.05) is 7.05 Å². The van der Waals surface area contributed by atoms with Gasteiger partial charge < -0.3 is 5.32 Å². The Labute approximate surface area is 138 Å². The molecule has 1 amide bonds. The molecule has 0 fully saturated rings. The van der Waals surface area contributed by atoms with Crippen LogP contribution in [0.4, 0.5) is 0 Å². The molecule has 2 aromatic rings. The molecule has 2 N–H and O–H groups in total. The van der Waals surface area contributed by atoms with E-state index in [0.717, 1.165) is 29.1 Å². The number of carbonyl (C=O) groups is 1. The predicted octanol–water partition coefficient (Wildman–Crippen LogP) is 2.36. The summed E-state index contributed by atoms with van der Waals surface area (Å²) in [5, 5.41) is 4.85. The van der Waals surface area contributed by atoms with Gasteiger partial charge in [0.2, 0.25) is 15.9 Å². The molecule has 22 heavy (non-hydrogen) atoms. The van der Waals surface area contributed by atoms with Crippen LogP contribution in [0.5, 0.6) is 0 Å². The van der Waals surface area contributed by atoms with Gasteiger partial charge >= 0.3 is 0 Å². The third-order valence-electron chi connectivity index (χ3n) is 3.04. The Morgan fingerprint density at radius 2 is 2.05 bits per heavy atom. The predicted molar refractivity (Wildman–Crippen MR) is 89.7 cm³/mol. The first kappa shape index (κ1) is 17.1. The van der Waals surface area contributed by atoms with Crippen LogP contribution in [-0.2, 0) is 27.8 Å². The fourth-order valence-electron chi connectivity index (χ4n) is 1.85. The van der Waals surface area contributed by atoms with Crippen molar-refractivity contribution in [3.63, 3.8) is 0 Å². The Balaban J connectivity index is 1.74. The van der Waals surface area contributed by atoms with Gasteiger partial charge in [0.15, 0.2) is 0 Å². The van der Waals surface area contributed by atoms with Crippen LogP contribution >= 0.6 is 22.7 Å². The highest BCUT2D eigenvalue weighted by molar-refractivity contribution is 7.91. The Bertz CT molecular complexity index is 706. The van der Waals surface area contributed by atoms with Crippen molar-refractivity contribution >= 4 is 38.6 Å². The summed E-state index contributed by atoms with van der Waals surface area (Å²) in [6.45, 7) is 0.363. The Kier molecular flexibility index (Phi) is 6.13. The minimum atomic E-state index is -3.40. The lowest BCUT2D eigenvalue weighted by Gasteiger charge is -2.03. The third kappa shape index (κ3) is 4.91. The van der Waals surface area contributed by atoms with Crippen LogP contribution in [0.25, 0.3) is 0 Å². The van der Waals surface area contributed by atoms with Crippen LogP contribution in [0, 0.1) is 0 Å². The lowest BCUT2D eigenvalue weighted by molar-refractivity contribution is -0.121. The summed E-state index contributed by atoms with van der Waals surface area (Å²) in [4.78, 5) is 13.9. The second-order valence-electron chi connectivity index (χ2n) is 4.64. The minimum Gasteiger partial charge on any atom is -0.351 e. The van der Waals surface area contributed by atoms with Gasteiger partial charge in [-0.05, 0) is 43.5 Å². The zero-order valence-electron chi connectivity index (χ0n) is 12.2. The van der Waals surface area contributed by atoms with Crippen LogP contribution in [0.3, 0.4) is 0 Å². The molecule has 5 nitrogen and oxygen atoms in total. The number of nitrogens with one attached hydrogen (secondary N) is 2. The fourth-order valence-corrected chi connectivity index (χ4v) is 4.73. The quantitative estimate of drug-likeness (QED) is 0.761. The lowest BCUT2D eigenvalue weighted by atomic mass is 10.2. The Morgan fingerprint density at radius 1 is 1.23 bits per heavy atom. The second-order valence-corrected chi connectivity index (χ2v) is 8.95. The summed E-state index contributed by atoms with van der Waals surface area (Å²) in [6, 6.07) is 7.35. The fraction of sp³-hybridized carbons (Fsp3) is 0.357. The molecule has 0 aromatic carbocycles. The summed E-state index contributed by atoms with van der Waals surface area (Å²) in [5.74, 6) is -0.0111. The monoisotopic (exact) mass is 358 g/mol. The van der Waals surface area contributed by atoms with E-state index in [0.29, 0.717) is 13.0 Å². The smallest absolute Gasteiger partial charge is 0.249 e. The molecule has 0 atom stereocenters. The number of amides is 1. The molecule has 0 bridgehead atoms. The van der Waals surface area contributed by atoms with Crippen molar-refractivity contribution in [2.24, 2.45) is 0 Å². The van der Waals surface area contributed by atoms with E-state index < -0.39 is 10.0 Å². The van der Waals surface area contributed by atoms with Gasteiger partial charge in [0.25, 0.3) is 0 Å². The maximum Gasteiger partial charge on any atom is 0.249 e. The van der Waals surface area contributed by atoms with E-state index in [4.69, 9.17) is 0 Å². The molecule has 0 saturated heterocycles. The Morgan fingerprint density at radius 3 is 2.73 bits per heavy atom. The number of hydrogen-bond donors (Lipinski definition) is 2. The SMILES string of the molecule is CNS(=O)(=O)c1ccc(CNC(=O)CCCc2cccs2)s1. The highest BCUT2D eigenvalue weighted by Crippen LogP contribution is 2.21. The van der Waals surface area contributed by atoms with Crippen molar-refractivity contribution in [3.05, 3.63) is 39.4 Å². The number of carbonyl (C=O) groups excluding carboxylic acids is 1. The summed E-state index contributed by atoms with van der Waals surface area (Å²) in [6.07, 6.45) is 2.20. The van der Waals surface area contributed by atoms with E-state index in [9.17, 15) is 13.2 Å². The van der Waals surface area contributed by atoms with Crippen molar-refractivity contribution in [3.8, 4) is 0 Å². The number of hydrogen-bond acceptors (Lipinski definition) is 5. The van der Waals surface area contributed by atoms with Crippen LogP contribution in [0.15, 0.2) is 33.9 Å². The number of aryl methyl sites for hydroxylation is 1. The molecule has 2 rings (SSSR count). The summed E-state index contributed by atoms with van der Waals surface area (Å²) in [7, 11) is -2.02. The molecule has 0 unspecified atom stereocenters. The van der Waals surface area contributed by atoms with E-state index in [1.54, 1.807) is 23.5 Å². The summed E-state index contributed by atoms with van der Waals surface area (Å²) in [5.41, 5.74) is 0. The highest BCUT2D eigenvalue weighted by Gasteiger charge is 2.14. The maximum absolute atomic E-state index is 11.8. The van der Waals surface area contributed by atoms with Gasteiger partial charge in [-0.15, -0.1) is 22.7 Å². The van der Waals surface area contributed by atoms with Crippen LogP contribution in [0.1, 0.15) is 22.6 Å². The van der Waals surface area contributed by atoms with E-state index in [1.807, 2.05) is 11.4 Å². The van der Waals surface area contributed by atoms with Gasteiger partial charge in [-0.1, -0.05) is 6.07 Å². The van der Waals surface area contributed by atoms with Crippen molar-refractivity contribution < 1.29 is 13.2 Å². The van der Waals surface area contributed by atoms with Gasteiger partial charge in [0.05, 0.1) is 6.54 Å². The van der Waals surface area contributed by atoms with Crippen molar-refractivity contribution in [1.29, 1.82) is 0 Å². The van der Waals surface area contributed by atoms with Gasteiger partial charge in [-0.3, -0.25) is 4.79 Å². The highest BCUT2D eigenvalue weighted by atomic mass is 32.2. The molecular formula is C14H18N2O3S3. The van der Waals surface area contributed by atoms with E-state index in [-0.39, 0.29) is 10.1 Å². The van der Waals surface area contributed by atoms with Crippen LogP contribution in [-0.4, -0.2) is 21.4 Å². The summed E-state index contributed by atoms with van der Waals surface area (Å²) < 4.78 is 25.8. The molecule has 0 spiro atoms. The zero-order chi connectivity index (χ0) is 16.0. The molecule has 0 aliphatic heterocycles. The van der Waals surface area contributed by atoms with E-state index in [1.165, 1.54) is 11.9 Å². The average Bonchev–Trinajstić information content (AvgIpc) is 3.17. The molecule has 0 saturated carbocycles. The standard InChI is InChI=1S/C14H18N2O3S3/c1-15-22(18,19)14-8-7-12(21-14)10-16-13(17)6-2-4-11-5-3-9-20-11/h3,5,7-9,15H,2,4,6,10H2,1H3,(H,16,17). The molecular weight excluding hydrogens is 340 g/mol. The van der Waals surface area contributed by atoms with Crippen LogP contribution < -0.4 is 10.0 Å². The van der Waals surface area contributed by atoms with Gasteiger partial charge in [0, 0.05) is 16.2 Å². The first-order chi connectivity index (χ1) is 10.5. The third-order valence-corrected chi connectivity index (χ3v) is 6.97. The van der Waals surface area contributed by atoms with E-state index >= 15 is 0 Å². The molecule has 0 aliphatic rings. The number of sulfonamides is 1. The molecule has 0 aliphatic carbocycles. The van der Waals surface area contributed by atoms with Crippen LogP contribution in [0.2, 0.25) is 0 Å². The number of thiophene rings is 2. The average molecular weight is 359 g/mol. The van der Waals surface area contributed by atoms with Gasteiger partial charge in [0.1, 0.15) is 4.21 Å². The lowest BCUT2D eigenvalue weighted by Crippen LogP contribution is -2.22. The minimum absolute atomic E-state index is 0.0111. The second kappa shape index (κ2) is 7.87. The molecule has 8 heteroatoms. The first-order valence-corrected chi connectivity index (χ1v) is 10.0. The van der Waals surface area contributed by atoms with Crippen molar-refractivity contribution in [1.82, 2.24) is 10.0 Å². The topological polar surface area (TPSA) is 75.3 Å². The molecule has 0 radical (unpaired) electrons. The van der Waals surface area contributed by atoms with Gasteiger partial charge in [-0.25, -0.2) is 13.1 Å². The largest absolute Gasteiger partial charge is 0.351 e. The van der Waals surface area contributed by atoms with E-state index in [2.05, 4.69) is 16.1 Å². The zero-order valence-corrected chi connectivity index (χ0v) is 14.6. The normalized spacial score (nSPS) is 11.5. The Hall–Kier alpha value is -1.22. The van der Waals surface area contributed by atoms with Crippen molar-refractivity contribution in [2.45, 2.75) is 30.0 Å². The molecule has 120 valence electrons. The number of rotatable bonds is 8.